The molecule has 186 valence electrons. The van der Waals surface area contributed by atoms with Crippen molar-refractivity contribution in [2.75, 3.05) is 25.1 Å². The van der Waals surface area contributed by atoms with E-state index in [1.54, 1.807) is 19.1 Å². The first kappa shape index (κ1) is 27.7. The first-order chi connectivity index (χ1) is 16.6. The summed E-state index contributed by atoms with van der Waals surface area (Å²) in [5, 5.41) is 1.06. The van der Waals surface area contributed by atoms with Gasteiger partial charge >= 0.3 is 5.97 Å². The molecule has 0 saturated carbocycles. The van der Waals surface area contributed by atoms with Crippen molar-refractivity contribution in [2.24, 2.45) is 10.7 Å². The Kier molecular flexibility index (Phi) is 13.2. The highest BCUT2D eigenvalue weighted by molar-refractivity contribution is 9.09. The number of amidine groups is 1. The number of benzene rings is 2. The summed E-state index contributed by atoms with van der Waals surface area (Å²) in [5.41, 5.74) is 8.19. The van der Waals surface area contributed by atoms with Gasteiger partial charge in [-0.3, -0.25) is 4.99 Å². The van der Waals surface area contributed by atoms with Crippen LogP contribution in [0, 0.1) is 0 Å². The molecule has 0 bridgehead atoms. The lowest BCUT2D eigenvalue weighted by atomic mass is 10.1. The van der Waals surface area contributed by atoms with E-state index in [-0.39, 0.29) is 6.61 Å². The number of carbonyl (C=O) groups excluding carboxylic acids is 1. The van der Waals surface area contributed by atoms with Crippen LogP contribution in [0.5, 0.6) is 11.5 Å². The Morgan fingerprint density at radius 3 is 2.24 bits per heavy atom. The molecule has 0 atom stereocenters. The fraction of sp³-hybridized carbons (Fsp3) is 0.481. The summed E-state index contributed by atoms with van der Waals surface area (Å²) >= 11 is 3.47. The minimum Gasteiger partial charge on any atom is -0.493 e. The van der Waals surface area contributed by atoms with E-state index in [0.717, 1.165) is 23.7 Å². The molecule has 0 aliphatic heterocycles. The molecule has 0 aromatic heterocycles. The van der Waals surface area contributed by atoms with E-state index in [9.17, 15) is 4.79 Å². The van der Waals surface area contributed by atoms with Crippen molar-refractivity contribution in [1.82, 2.24) is 0 Å². The smallest absolute Gasteiger partial charge is 0.342 e. The molecule has 0 radical (unpaired) electrons. The highest BCUT2D eigenvalue weighted by Gasteiger charge is 2.21. The van der Waals surface area contributed by atoms with Gasteiger partial charge in [0.25, 0.3) is 0 Å². The van der Waals surface area contributed by atoms with E-state index in [1.165, 1.54) is 25.7 Å². The van der Waals surface area contributed by atoms with Gasteiger partial charge in [0.2, 0.25) is 0 Å². The molecular weight excluding hydrogens is 496 g/mol. The number of aliphatic imine (C=N–C) groups is 1. The van der Waals surface area contributed by atoms with Crippen LogP contribution in [-0.4, -0.2) is 36.9 Å². The van der Waals surface area contributed by atoms with Crippen molar-refractivity contribution in [2.45, 2.75) is 59.0 Å². The van der Waals surface area contributed by atoms with Gasteiger partial charge in [-0.1, -0.05) is 71.9 Å². The zero-order valence-electron chi connectivity index (χ0n) is 20.4. The Balaban J connectivity index is 2.21. The fourth-order valence-electron chi connectivity index (χ4n) is 3.44. The van der Waals surface area contributed by atoms with Gasteiger partial charge in [0.05, 0.1) is 18.8 Å². The lowest BCUT2D eigenvalue weighted by Crippen LogP contribution is -2.18. The first-order valence-corrected chi connectivity index (χ1v) is 13.2. The summed E-state index contributed by atoms with van der Waals surface area (Å²) in [6.07, 6.45) is 6.90. The summed E-state index contributed by atoms with van der Waals surface area (Å²) in [5.74, 6) is 0.807. The normalized spacial score (nSPS) is 11.3. The Hall–Kier alpha value is -2.54. The minimum atomic E-state index is -0.459. The van der Waals surface area contributed by atoms with E-state index < -0.39 is 5.97 Å². The van der Waals surface area contributed by atoms with Crippen LogP contribution >= 0.6 is 15.9 Å². The molecule has 2 N–H and O–H groups in total. The van der Waals surface area contributed by atoms with Gasteiger partial charge in [0, 0.05) is 11.9 Å². The van der Waals surface area contributed by atoms with E-state index >= 15 is 0 Å². The van der Waals surface area contributed by atoms with Crippen LogP contribution in [0.3, 0.4) is 0 Å². The lowest BCUT2D eigenvalue weighted by molar-refractivity contribution is 0.0520. The third-order valence-corrected chi connectivity index (χ3v) is 5.76. The number of carbonyl (C=O) groups is 1. The van der Waals surface area contributed by atoms with Crippen molar-refractivity contribution in [3.63, 3.8) is 0 Å². The number of esters is 1. The Labute approximate surface area is 212 Å². The predicted molar refractivity (Wildman–Crippen MR) is 141 cm³/mol. The average Bonchev–Trinajstić information content (AvgIpc) is 2.85. The van der Waals surface area contributed by atoms with Crippen molar-refractivity contribution in [1.29, 1.82) is 0 Å². The molecule has 2 rings (SSSR count). The Bertz CT molecular complexity index is 903. The van der Waals surface area contributed by atoms with Gasteiger partial charge in [0.15, 0.2) is 0 Å². The van der Waals surface area contributed by atoms with Crippen LogP contribution in [0.15, 0.2) is 47.5 Å². The molecule has 34 heavy (non-hydrogen) atoms. The number of unbranched alkanes of at least 4 members (excludes halogenated alkanes) is 5. The highest BCUT2D eigenvalue weighted by atomic mass is 79.9. The SMILES string of the molecule is CCN=C(N)c1cc(OCc2ccccc2)c(C(=O)OCC)cc1OCCCCCCCCBr. The maximum atomic E-state index is 12.7. The van der Waals surface area contributed by atoms with Gasteiger partial charge < -0.3 is 19.9 Å². The molecule has 2 aromatic rings. The third kappa shape index (κ3) is 9.37. The zero-order valence-corrected chi connectivity index (χ0v) is 21.9. The van der Waals surface area contributed by atoms with Gasteiger partial charge in [-0.25, -0.2) is 4.79 Å². The molecule has 0 aliphatic carbocycles. The second-order valence-electron chi connectivity index (χ2n) is 7.86. The molecular formula is C27H37BrN2O4. The summed E-state index contributed by atoms with van der Waals surface area (Å²) in [4.78, 5) is 17.1. The van der Waals surface area contributed by atoms with Crippen molar-refractivity contribution >= 4 is 27.7 Å². The average molecular weight is 534 g/mol. The number of hydrogen-bond acceptors (Lipinski definition) is 5. The monoisotopic (exact) mass is 532 g/mol. The molecule has 0 unspecified atom stereocenters. The fourth-order valence-corrected chi connectivity index (χ4v) is 3.84. The molecule has 2 aromatic carbocycles. The van der Waals surface area contributed by atoms with Crippen LogP contribution in [0.2, 0.25) is 0 Å². The van der Waals surface area contributed by atoms with Gasteiger partial charge in [-0.15, -0.1) is 0 Å². The van der Waals surface area contributed by atoms with Crippen LogP contribution in [0.4, 0.5) is 0 Å². The Morgan fingerprint density at radius 1 is 0.912 bits per heavy atom. The highest BCUT2D eigenvalue weighted by Crippen LogP contribution is 2.31. The number of nitrogens with zero attached hydrogens (tertiary/aromatic N) is 1. The number of halogens is 1. The number of hydrogen-bond donors (Lipinski definition) is 1. The second kappa shape index (κ2) is 16.1. The molecule has 0 heterocycles. The van der Waals surface area contributed by atoms with Crippen LogP contribution in [-0.2, 0) is 11.3 Å². The Morgan fingerprint density at radius 2 is 1.56 bits per heavy atom. The molecule has 0 fully saturated rings. The first-order valence-electron chi connectivity index (χ1n) is 12.1. The molecule has 6 nitrogen and oxygen atoms in total. The predicted octanol–water partition coefficient (Wildman–Crippen LogP) is 6.28. The van der Waals surface area contributed by atoms with Gasteiger partial charge in [-0.05, 0) is 44.4 Å². The second-order valence-corrected chi connectivity index (χ2v) is 8.65. The molecule has 0 aliphatic rings. The molecule has 7 heteroatoms. The molecule has 0 saturated heterocycles. The summed E-state index contributed by atoms with van der Waals surface area (Å²) in [6, 6.07) is 13.2. The number of nitrogens with two attached hydrogens (primary N) is 1. The topological polar surface area (TPSA) is 83.1 Å². The number of alkyl halides is 1. The number of rotatable bonds is 16. The van der Waals surface area contributed by atoms with Crippen LogP contribution < -0.4 is 15.2 Å². The van der Waals surface area contributed by atoms with Crippen molar-refractivity contribution in [3.8, 4) is 11.5 Å². The number of ether oxygens (including phenoxy) is 3. The minimum absolute atomic E-state index is 0.267. The summed E-state index contributed by atoms with van der Waals surface area (Å²) in [7, 11) is 0. The maximum Gasteiger partial charge on any atom is 0.342 e. The van der Waals surface area contributed by atoms with E-state index in [2.05, 4.69) is 20.9 Å². The quantitative estimate of drug-likeness (QED) is 0.0903. The van der Waals surface area contributed by atoms with Crippen molar-refractivity contribution < 1.29 is 19.0 Å². The lowest BCUT2D eigenvalue weighted by Gasteiger charge is -2.17. The van der Waals surface area contributed by atoms with E-state index in [4.69, 9.17) is 19.9 Å². The molecule has 0 spiro atoms. The molecule has 0 amide bonds. The zero-order chi connectivity index (χ0) is 24.6. The van der Waals surface area contributed by atoms with Gasteiger partial charge in [0.1, 0.15) is 29.5 Å². The van der Waals surface area contributed by atoms with Crippen molar-refractivity contribution in [3.05, 3.63) is 59.2 Å². The largest absolute Gasteiger partial charge is 0.493 e. The van der Waals surface area contributed by atoms with Crippen LogP contribution in [0.25, 0.3) is 0 Å². The van der Waals surface area contributed by atoms with Gasteiger partial charge in [-0.2, -0.15) is 0 Å². The standard InChI is InChI=1S/C27H37BrN2O4/c1-3-30-26(29)22-18-25(34-20-21-14-10-9-11-15-21)23(27(31)32-4-2)19-24(22)33-17-13-8-6-5-7-12-16-28/h9-11,14-15,18-19H,3-8,12-13,16-17,20H2,1-2H3,(H2,29,30). The van der Waals surface area contributed by atoms with E-state index in [0.29, 0.717) is 48.2 Å². The summed E-state index contributed by atoms with van der Waals surface area (Å²) < 4.78 is 17.4. The third-order valence-electron chi connectivity index (χ3n) is 5.20. The summed E-state index contributed by atoms with van der Waals surface area (Å²) in [6.45, 7) is 5.35. The van der Waals surface area contributed by atoms with E-state index in [1.807, 2.05) is 37.3 Å². The van der Waals surface area contributed by atoms with Crippen LogP contribution in [0.1, 0.15) is 73.9 Å². The maximum absolute atomic E-state index is 12.7.